The molecule has 0 saturated carbocycles. The number of ether oxygens (including phenoxy) is 3. The van der Waals surface area contributed by atoms with Gasteiger partial charge in [-0.3, -0.25) is 19.3 Å². The second-order valence-electron chi connectivity index (χ2n) is 8.11. The molecule has 1 aromatic carbocycles. The summed E-state index contributed by atoms with van der Waals surface area (Å²) in [5, 5.41) is 2.63. The van der Waals surface area contributed by atoms with Crippen LogP contribution < -0.4 is 19.7 Å². The Morgan fingerprint density at radius 2 is 1.83 bits per heavy atom. The Morgan fingerprint density at radius 1 is 1.09 bits per heavy atom. The molecule has 3 heterocycles. The van der Waals surface area contributed by atoms with E-state index in [1.165, 1.54) is 19.1 Å². The Kier molecular flexibility index (Phi) is 6.54. The summed E-state index contributed by atoms with van der Waals surface area (Å²) < 4.78 is 23.0. The zero-order chi connectivity index (χ0) is 25.2. The van der Waals surface area contributed by atoms with E-state index in [1.54, 1.807) is 67.1 Å². The second kappa shape index (κ2) is 9.57. The van der Waals surface area contributed by atoms with Crippen molar-refractivity contribution in [3.63, 3.8) is 0 Å². The number of hydrogen-bond donors (Lipinski definition) is 1. The van der Waals surface area contributed by atoms with Crippen LogP contribution in [0.2, 0.25) is 0 Å². The van der Waals surface area contributed by atoms with Crippen molar-refractivity contribution < 1.29 is 33.0 Å². The van der Waals surface area contributed by atoms with Gasteiger partial charge in [0.25, 0.3) is 5.91 Å². The number of aromatic nitrogens is 1. The van der Waals surface area contributed by atoms with Crippen molar-refractivity contribution in [3.8, 4) is 23.0 Å². The number of nitrogens with one attached hydrogen (secondary N) is 1. The fourth-order valence-corrected chi connectivity index (χ4v) is 4.28. The highest BCUT2D eigenvalue weighted by atomic mass is 16.5. The quantitative estimate of drug-likeness (QED) is 0.493. The molecule has 10 heteroatoms. The summed E-state index contributed by atoms with van der Waals surface area (Å²) in [6.07, 6.45) is 1.54. The standard InChI is InChI=1S/C25H27N3O7/c1-5-34-22(29)14-26-24(31)25(2)15-27-17(19-7-6-12-35-19)9-10-18(27)23(30)28(25)16-8-11-20(32-3)21(13-16)33-4/h6-13H,5,14-15H2,1-4H3,(H,26,31)/t25-/m0/s1. The van der Waals surface area contributed by atoms with E-state index < -0.39 is 23.3 Å². The Hall–Kier alpha value is -4.21. The predicted octanol–water partition coefficient (Wildman–Crippen LogP) is 2.86. The number of fused-ring (bicyclic) bond motifs is 1. The van der Waals surface area contributed by atoms with Crippen molar-refractivity contribution in [3.05, 3.63) is 54.4 Å². The zero-order valence-corrected chi connectivity index (χ0v) is 20.0. The van der Waals surface area contributed by atoms with Gasteiger partial charge in [0.15, 0.2) is 11.5 Å². The highest BCUT2D eigenvalue weighted by molar-refractivity contribution is 6.12. The Balaban J connectivity index is 1.80. The number of benzene rings is 1. The number of methoxy groups -OCH3 is 2. The molecule has 4 rings (SSSR count). The molecular weight excluding hydrogens is 454 g/mol. The van der Waals surface area contributed by atoms with E-state index in [0.29, 0.717) is 34.3 Å². The van der Waals surface area contributed by atoms with Crippen molar-refractivity contribution >= 4 is 23.5 Å². The summed E-state index contributed by atoms with van der Waals surface area (Å²) in [5.74, 6) is -0.0180. The summed E-state index contributed by atoms with van der Waals surface area (Å²) in [7, 11) is 3.01. The number of furan rings is 1. The fraction of sp³-hybridized carbons (Fsp3) is 0.320. The monoisotopic (exact) mass is 481 g/mol. The topological polar surface area (TPSA) is 112 Å². The molecule has 3 aromatic rings. The van der Waals surface area contributed by atoms with Crippen molar-refractivity contribution in [2.75, 3.05) is 32.3 Å². The minimum atomic E-state index is -1.41. The highest BCUT2D eigenvalue weighted by Crippen LogP contribution is 2.39. The van der Waals surface area contributed by atoms with Gasteiger partial charge in [-0.1, -0.05) is 0 Å². The first-order chi connectivity index (χ1) is 16.8. The van der Waals surface area contributed by atoms with E-state index in [0.717, 1.165) is 0 Å². The molecule has 0 bridgehead atoms. The van der Waals surface area contributed by atoms with Crippen LogP contribution in [-0.4, -0.2) is 55.3 Å². The SMILES string of the molecule is CCOC(=O)CNC(=O)[C@]1(C)Cn2c(ccc2-c2ccco2)C(=O)N1c1ccc(OC)c(OC)c1. The maximum Gasteiger partial charge on any atom is 0.325 e. The van der Waals surface area contributed by atoms with E-state index >= 15 is 0 Å². The van der Waals surface area contributed by atoms with Crippen LogP contribution in [0.4, 0.5) is 5.69 Å². The molecule has 0 aliphatic carbocycles. The maximum atomic E-state index is 13.8. The lowest BCUT2D eigenvalue weighted by Gasteiger charge is -2.44. The molecule has 35 heavy (non-hydrogen) atoms. The van der Waals surface area contributed by atoms with Gasteiger partial charge in [0.05, 0.1) is 39.3 Å². The number of carbonyl (C=O) groups is 3. The third kappa shape index (κ3) is 4.23. The van der Waals surface area contributed by atoms with Crippen molar-refractivity contribution in [1.29, 1.82) is 0 Å². The summed E-state index contributed by atoms with van der Waals surface area (Å²) in [5.41, 5.74) is 0.0845. The molecule has 2 aromatic heterocycles. The first kappa shape index (κ1) is 23.9. The van der Waals surface area contributed by atoms with Gasteiger partial charge in [0.1, 0.15) is 23.5 Å². The van der Waals surface area contributed by atoms with Crippen LogP contribution in [0.5, 0.6) is 11.5 Å². The molecule has 0 radical (unpaired) electrons. The summed E-state index contributed by atoms with van der Waals surface area (Å²) in [6.45, 7) is 3.32. The van der Waals surface area contributed by atoms with Gasteiger partial charge in [0.2, 0.25) is 5.91 Å². The number of carbonyl (C=O) groups excluding carboxylic acids is 3. The summed E-state index contributed by atoms with van der Waals surface area (Å²) in [6, 6.07) is 12.0. The molecule has 1 N–H and O–H groups in total. The van der Waals surface area contributed by atoms with Crippen molar-refractivity contribution in [1.82, 2.24) is 9.88 Å². The lowest BCUT2D eigenvalue weighted by atomic mass is 9.93. The molecule has 0 fully saturated rings. The molecule has 1 aliphatic rings. The highest BCUT2D eigenvalue weighted by Gasteiger charge is 2.49. The van der Waals surface area contributed by atoms with E-state index in [1.807, 2.05) is 0 Å². The third-order valence-corrected chi connectivity index (χ3v) is 5.95. The Labute approximate surface area is 202 Å². The van der Waals surface area contributed by atoms with Crippen molar-refractivity contribution in [2.24, 2.45) is 0 Å². The van der Waals surface area contributed by atoms with Gasteiger partial charge in [-0.15, -0.1) is 0 Å². The first-order valence-electron chi connectivity index (χ1n) is 11.1. The first-order valence-corrected chi connectivity index (χ1v) is 11.1. The lowest BCUT2D eigenvalue weighted by Crippen LogP contribution is -2.64. The van der Waals surface area contributed by atoms with E-state index in [9.17, 15) is 14.4 Å². The van der Waals surface area contributed by atoms with Gasteiger partial charge in [0, 0.05) is 11.8 Å². The van der Waals surface area contributed by atoms with Crippen LogP contribution in [0.15, 0.2) is 53.1 Å². The summed E-state index contributed by atoms with van der Waals surface area (Å²) in [4.78, 5) is 40.7. The third-order valence-electron chi connectivity index (χ3n) is 5.95. The van der Waals surface area contributed by atoms with E-state index in [2.05, 4.69) is 5.32 Å². The van der Waals surface area contributed by atoms with Crippen LogP contribution in [0.3, 0.4) is 0 Å². The molecule has 0 unspecified atom stereocenters. The van der Waals surface area contributed by atoms with Gasteiger partial charge in [-0.25, -0.2) is 0 Å². The number of rotatable bonds is 8. The molecule has 1 atom stereocenters. The van der Waals surface area contributed by atoms with Crippen LogP contribution >= 0.6 is 0 Å². The van der Waals surface area contributed by atoms with Gasteiger partial charge < -0.3 is 28.5 Å². The van der Waals surface area contributed by atoms with Gasteiger partial charge in [-0.2, -0.15) is 0 Å². The van der Waals surface area contributed by atoms with Gasteiger partial charge >= 0.3 is 5.97 Å². The number of nitrogens with zero attached hydrogens (tertiary/aromatic N) is 2. The molecular formula is C25H27N3O7. The fourth-order valence-electron chi connectivity index (χ4n) is 4.28. The maximum absolute atomic E-state index is 13.8. The molecule has 184 valence electrons. The lowest BCUT2D eigenvalue weighted by molar-refractivity contribution is -0.144. The second-order valence-corrected chi connectivity index (χ2v) is 8.11. The minimum absolute atomic E-state index is 0.111. The molecule has 1 aliphatic heterocycles. The summed E-state index contributed by atoms with van der Waals surface area (Å²) >= 11 is 0. The number of hydrogen-bond acceptors (Lipinski definition) is 7. The molecule has 10 nitrogen and oxygen atoms in total. The van der Waals surface area contributed by atoms with E-state index in [4.69, 9.17) is 18.6 Å². The van der Waals surface area contributed by atoms with Crippen LogP contribution in [0.1, 0.15) is 24.3 Å². The van der Waals surface area contributed by atoms with E-state index in [-0.39, 0.29) is 19.7 Å². The smallest absolute Gasteiger partial charge is 0.325 e. The molecule has 2 amide bonds. The minimum Gasteiger partial charge on any atom is -0.493 e. The van der Waals surface area contributed by atoms with Crippen LogP contribution in [0.25, 0.3) is 11.5 Å². The Bertz CT molecular complexity index is 1250. The zero-order valence-electron chi connectivity index (χ0n) is 20.0. The average Bonchev–Trinajstić information content (AvgIpc) is 3.52. The normalized spacial score (nSPS) is 17.0. The number of anilines is 1. The van der Waals surface area contributed by atoms with Crippen LogP contribution in [-0.2, 0) is 20.9 Å². The number of amides is 2. The Morgan fingerprint density at radius 3 is 2.49 bits per heavy atom. The molecule has 0 saturated heterocycles. The largest absolute Gasteiger partial charge is 0.493 e. The van der Waals surface area contributed by atoms with Gasteiger partial charge in [-0.05, 0) is 50.2 Å². The predicted molar refractivity (Wildman–Crippen MR) is 127 cm³/mol. The molecule has 0 spiro atoms. The number of esters is 1. The van der Waals surface area contributed by atoms with Crippen LogP contribution in [0, 0.1) is 0 Å². The van der Waals surface area contributed by atoms with Crippen molar-refractivity contribution in [2.45, 2.75) is 25.9 Å². The average molecular weight is 482 g/mol.